The first-order chi connectivity index (χ1) is 9.34. The Bertz CT molecular complexity index is 561. The minimum absolute atomic E-state index is 0.0538. The van der Waals surface area contributed by atoms with Crippen molar-refractivity contribution >= 4 is 17.2 Å². The Hall–Kier alpha value is -1.75. The van der Waals surface area contributed by atoms with Gasteiger partial charge in [0.15, 0.2) is 0 Å². The van der Waals surface area contributed by atoms with Crippen molar-refractivity contribution in [3.8, 4) is 10.7 Å². The Labute approximate surface area is 116 Å². The summed E-state index contributed by atoms with van der Waals surface area (Å²) >= 11 is 1.47. The molecule has 1 aliphatic rings. The van der Waals surface area contributed by atoms with Crippen LogP contribution in [0.4, 0.5) is 0 Å². The lowest BCUT2D eigenvalue weighted by molar-refractivity contribution is 0.0719. The molecule has 0 atom stereocenters. The predicted octanol–water partition coefficient (Wildman–Crippen LogP) is 2.83. The first kappa shape index (κ1) is 12.3. The minimum atomic E-state index is 0.0538. The summed E-state index contributed by atoms with van der Waals surface area (Å²) in [6, 6.07) is 5.71. The van der Waals surface area contributed by atoms with E-state index in [4.69, 9.17) is 0 Å². The molecule has 3 heterocycles. The number of nitrogens with zero attached hydrogens (tertiary/aromatic N) is 3. The second-order valence-electron chi connectivity index (χ2n) is 4.61. The molecule has 1 fully saturated rings. The van der Waals surface area contributed by atoms with Crippen LogP contribution in [0.25, 0.3) is 10.7 Å². The Balaban J connectivity index is 1.79. The molecular weight excluding hydrogens is 258 g/mol. The molecular formula is C14H15N3OS. The third-order valence-corrected chi connectivity index (χ3v) is 4.12. The van der Waals surface area contributed by atoms with Gasteiger partial charge in [-0.1, -0.05) is 6.07 Å². The van der Waals surface area contributed by atoms with Crippen LogP contribution in [0.5, 0.6) is 0 Å². The zero-order chi connectivity index (χ0) is 13.1. The Morgan fingerprint density at radius 3 is 2.79 bits per heavy atom. The average molecular weight is 273 g/mol. The normalized spacial score (nSPS) is 15.5. The quantitative estimate of drug-likeness (QED) is 0.845. The molecule has 1 saturated heterocycles. The number of likely N-dealkylation sites (tertiary alicyclic amines) is 1. The Morgan fingerprint density at radius 2 is 2.05 bits per heavy atom. The van der Waals surface area contributed by atoms with Gasteiger partial charge in [0.1, 0.15) is 10.7 Å². The third-order valence-electron chi connectivity index (χ3n) is 3.25. The highest BCUT2D eigenvalue weighted by atomic mass is 32.1. The smallest absolute Gasteiger partial charge is 0.273 e. The van der Waals surface area contributed by atoms with Gasteiger partial charge in [-0.15, -0.1) is 11.3 Å². The lowest BCUT2D eigenvalue weighted by Crippen LogP contribution is -2.35. The summed E-state index contributed by atoms with van der Waals surface area (Å²) in [5, 5.41) is 2.64. The van der Waals surface area contributed by atoms with Crippen LogP contribution in [-0.4, -0.2) is 33.9 Å². The molecule has 2 aromatic rings. The standard InChI is InChI=1S/C14H15N3OS/c18-14(17-8-4-1-5-9-17)12-10-19-13(16-12)11-6-2-3-7-15-11/h2-3,6-7,10H,1,4-5,8-9H2. The van der Waals surface area contributed by atoms with Gasteiger partial charge >= 0.3 is 0 Å². The lowest BCUT2D eigenvalue weighted by atomic mass is 10.1. The van der Waals surface area contributed by atoms with Crippen molar-refractivity contribution in [3.05, 3.63) is 35.5 Å². The molecule has 0 bridgehead atoms. The van der Waals surface area contributed by atoms with E-state index in [-0.39, 0.29) is 5.91 Å². The summed E-state index contributed by atoms with van der Waals surface area (Å²) in [5.74, 6) is 0.0538. The zero-order valence-electron chi connectivity index (χ0n) is 10.6. The molecule has 1 amide bonds. The Kier molecular flexibility index (Phi) is 3.55. The second-order valence-corrected chi connectivity index (χ2v) is 5.46. The number of thiazole rings is 1. The summed E-state index contributed by atoms with van der Waals surface area (Å²) in [4.78, 5) is 22.9. The van der Waals surface area contributed by atoms with Crippen molar-refractivity contribution in [2.45, 2.75) is 19.3 Å². The maximum absolute atomic E-state index is 12.3. The number of rotatable bonds is 2. The molecule has 0 aliphatic carbocycles. The fourth-order valence-corrected chi connectivity index (χ4v) is 3.01. The lowest BCUT2D eigenvalue weighted by Gasteiger charge is -2.25. The fourth-order valence-electron chi connectivity index (χ4n) is 2.24. The number of carbonyl (C=O) groups is 1. The summed E-state index contributed by atoms with van der Waals surface area (Å²) in [6.45, 7) is 1.71. The van der Waals surface area contributed by atoms with Gasteiger partial charge in [0.25, 0.3) is 5.91 Å². The van der Waals surface area contributed by atoms with Crippen LogP contribution in [0.1, 0.15) is 29.8 Å². The topological polar surface area (TPSA) is 46.1 Å². The summed E-state index contributed by atoms with van der Waals surface area (Å²) < 4.78 is 0. The maximum Gasteiger partial charge on any atom is 0.273 e. The van der Waals surface area contributed by atoms with E-state index in [1.165, 1.54) is 17.8 Å². The fraction of sp³-hybridized carbons (Fsp3) is 0.357. The van der Waals surface area contributed by atoms with E-state index in [2.05, 4.69) is 9.97 Å². The number of piperidine rings is 1. The number of amides is 1. The summed E-state index contributed by atoms with van der Waals surface area (Å²) in [5.41, 5.74) is 1.37. The molecule has 98 valence electrons. The van der Waals surface area contributed by atoms with E-state index in [9.17, 15) is 4.79 Å². The first-order valence-electron chi connectivity index (χ1n) is 6.51. The van der Waals surface area contributed by atoms with Crippen LogP contribution < -0.4 is 0 Å². The van der Waals surface area contributed by atoms with E-state index < -0.39 is 0 Å². The largest absolute Gasteiger partial charge is 0.337 e. The molecule has 0 saturated carbocycles. The highest BCUT2D eigenvalue weighted by molar-refractivity contribution is 7.13. The van der Waals surface area contributed by atoms with E-state index >= 15 is 0 Å². The third kappa shape index (κ3) is 2.66. The number of hydrogen-bond donors (Lipinski definition) is 0. The number of aromatic nitrogens is 2. The van der Waals surface area contributed by atoms with Gasteiger partial charge in [-0.3, -0.25) is 9.78 Å². The van der Waals surface area contributed by atoms with E-state index in [1.54, 1.807) is 6.20 Å². The molecule has 0 spiro atoms. The maximum atomic E-state index is 12.3. The molecule has 1 aliphatic heterocycles. The van der Waals surface area contributed by atoms with Gasteiger partial charge in [0.2, 0.25) is 0 Å². The Morgan fingerprint density at radius 1 is 1.21 bits per heavy atom. The van der Waals surface area contributed by atoms with Gasteiger partial charge in [-0.2, -0.15) is 0 Å². The van der Waals surface area contributed by atoms with Crippen LogP contribution >= 0.6 is 11.3 Å². The predicted molar refractivity (Wildman–Crippen MR) is 75.1 cm³/mol. The molecule has 3 rings (SSSR count). The molecule has 19 heavy (non-hydrogen) atoms. The SMILES string of the molecule is O=C(c1csc(-c2ccccn2)n1)N1CCCCC1. The summed E-state index contributed by atoms with van der Waals surface area (Å²) in [7, 11) is 0. The molecule has 0 radical (unpaired) electrons. The summed E-state index contributed by atoms with van der Waals surface area (Å²) in [6.07, 6.45) is 5.16. The van der Waals surface area contributed by atoms with Gasteiger partial charge in [-0.05, 0) is 31.4 Å². The van der Waals surface area contributed by atoms with Crippen molar-refractivity contribution in [1.29, 1.82) is 0 Å². The molecule has 4 nitrogen and oxygen atoms in total. The van der Waals surface area contributed by atoms with Gasteiger partial charge < -0.3 is 4.90 Å². The van der Waals surface area contributed by atoms with Crippen LogP contribution in [0, 0.1) is 0 Å². The van der Waals surface area contributed by atoms with Crippen LogP contribution in [0.15, 0.2) is 29.8 Å². The van der Waals surface area contributed by atoms with Crippen LogP contribution in [0.3, 0.4) is 0 Å². The van der Waals surface area contributed by atoms with Crippen LogP contribution in [-0.2, 0) is 0 Å². The number of pyridine rings is 1. The minimum Gasteiger partial charge on any atom is -0.337 e. The molecule has 5 heteroatoms. The monoisotopic (exact) mass is 273 g/mol. The zero-order valence-corrected chi connectivity index (χ0v) is 11.4. The number of carbonyl (C=O) groups excluding carboxylic acids is 1. The molecule has 0 aromatic carbocycles. The van der Waals surface area contributed by atoms with E-state index in [0.29, 0.717) is 5.69 Å². The van der Waals surface area contributed by atoms with Gasteiger partial charge in [0.05, 0.1) is 5.69 Å². The van der Waals surface area contributed by atoms with Crippen molar-refractivity contribution < 1.29 is 4.79 Å². The molecule has 0 N–H and O–H groups in total. The van der Waals surface area contributed by atoms with Gasteiger partial charge in [-0.25, -0.2) is 4.98 Å². The second kappa shape index (κ2) is 5.48. The van der Waals surface area contributed by atoms with Crippen molar-refractivity contribution in [3.63, 3.8) is 0 Å². The number of hydrogen-bond acceptors (Lipinski definition) is 4. The molecule has 2 aromatic heterocycles. The van der Waals surface area contributed by atoms with Crippen LogP contribution in [0.2, 0.25) is 0 Å². The van der Waals surface area contributed by atoms with Gasteiger partial charge in [0, 0.05) is 24.7 Å². The van der Waals surface area contributed by atoms with E-state index in [1.807, 2.05) is 28.5 Å². The first-order valence-corrected chi connectivity index (χ1v) is 7.39. The highest BCUT2D eigenvalue weighted by Gasteiger charge is 2.20. The van der Waals surface area contributed by atoms with Crippen molar-refractivity contribution in [2.24, 2.45) is 0 Å². The van der Waals surface area contributed by atoms with Crippen molar-refractivity contribution in [1.82, 2.24) is 14.9 Å². The average Bonchev–Trinajstić information content (AvgIpc) is 2.98. The van der Waals surface area contributed by atoms with E-state index in [0.717, 1.165) is 36.6 Å². The highest BCUT2D eigenvalue weighted by Crippen LogP contribution is 2.22. The molecule has 0 unspecified atom stereocenters. The van der Waals surface area contributed by atoms with Crippen molar-refractivity contribution in [2.75, 3.05) is 13.1 Å².